The Balaban J connectivity index is 2.12. The van der Waals surface area contributed by atoms with Crippen molar-refractivity contribution in [2.24, 2.45) is 0 Å². The van der Waals surface area contributed by atoms with Crippen LogP contribution in [0, 0.1) is 0 Å². The number of amides is 1. The predicted octanol–water partition coefficient (Wildman–Crippen LogP) is 2.33. The van der Waals surface area contributed by atoms with Gasteiger partial charge in [-0.3, -0.25) is 4.79 Å². The Labute approximate surface area is 105 Å². The minimum atomic E-state index is 0.279. The molecule has 0 radical (unpaired) electrons. The van der Waals surface area contributed by atoms with E-state index in [-0.39, 0.29) is 5.91 Å². The van der Waals surface area contributed by atoms with Crippen LogP contribution < -0.4 is 5.32 Å². The molecule has 0 bridgehead atoms. The highest BCUT2D eigenvalue weighted by molar-refractivity contribution is 5.75. The topological polar surface area (TPSA) is 32.3 Å². The van der Waals surface area contributed by atoms with Gasteiger partial charge in [-0.1, -0.05) is 12.5 Å². The second-order valence-corrected chi connectivity index (χ2v) is 4.93. The minimum absolute atomic E-state index is 0.279. The second kappa shape index (κ2) is 8.29. The third kappa shape index (κ3) is 5.87. The fraction of sp³-hybridized carbons (Fsp3) is 0.786. The lowest BCUT2D eigenvalue weighted by Gasteiger charge is -2.24. The van der Waals surface area contributed by atoms with Crippen LogP contribution in [0.4, 0.5) is 0 Å². The lowest BCUT2D eigenvalue weighted by Crippen LogP contribution is -2.36. The van der Waals surface area contributed by atoms with Crippen molar-refractivity contribution in [2.75, 3.05) is 20.1 Å². The third-order valence-corrected chi connectivity index (χ3v) is 3.45. The van der Waals surface area contributed by atoms with Crippen LogP contribution in [0.25, 0.3) is 0 Å². The Morgan fingerprint density at radius 2 is 2.35 bits per heavy atom. The zero-order valence-electron chi connectivity index (χ0n) is 11.1. The number of hydrogen-bond donors (Lipinski definition) is 1. The normalized spacial score (nSPS) is 19.9. The van der Waals surface area contributed by atoms with Crippen LogP contribution in [0.15, 0.2) is 12.7 Å². The molecule has 98 valence electrons. The number of allylic oxidation sites excluding steroid dienone is 1. The first kappa shape index (κ1) is 14.2. The molecule has 1 rings (SSSR count). The summed E-state index contributed by atoms with van der Waals surface area (Å²) in [7, 11) is 1.90. The van der Waals surface area contributed by atoms with Crippen molar-refractivity contribution in [1.82, 2.24) is 10.2 Å². The fourth-order valence-corrected chi connectivity index (χ4v) is 2.26. The maximum absolute atomic E-state index is 11.9. The van der Waals surface area contributed by atoms with E-state index in [1.807, 2.05) is 18.0 Å². The molecule has 0 aromatic rings. The molecular weight excluding hydrogens is 212 g/mol. The van der Waals surface area contributed by atoms with Crippen molar-refractivity contribution >= 4 is 5.91 Å². The Bertz CT molecular complexity index is 234. The highest BCUT2D eigenvalue weighted by Gasteiger charge is 2.15. The van der Waals surface area contributed by atoms with Crippen molar-refractivity contribution in [3.63, 3.8) is 0 Å². The van der Waals surface area contributed by atoms with Crippen LogP contribution in [0.3, 0.4) is 0 Å². The molecule has 3 nitrogen and oxygen atoms in total. The van der Waals surface area contributed by atoms with E-state index in [0.29, 0.717) is 12.5 Å². The van der Waals surface area contributed by atoms with Crippen LogP contribution in [0.1, 0.15) is 44.9 Å². The van der Waals surface area contributed by atoms with Crippen LogP contribution in [0.2, 0.25) is 0 Å². The predicted molar refractivity (Wildman–Crippen MR) is 71.9 cm³/mol. The zero-order chi connectivity index (χ0) is 12.5. The lowest BCUT2D eigenvalue weighted by molar-refractivity contribution is -0.130. The molecule has 17 heavy (non-hydrogen) atoms. The molecule has 3 heteroatoms. The van der Waals surface area contributed by atoms with Gasteiger partial charge in [-0.2, -0.15) is 0 Å². The molecule has 1 N–H and O–H groups in total. The van der Waals surface area contributed by atoms with Gasteiger partial charge in [0.2, 0.25) is 5.91 Å². The van der Waals surface area contributed by atoms with E-state index in [4.69, 9.17) is 0 Å². The molecule has 1 aliphatic heterocycles. The molecule has 1 unspecified atom stereocenters. The minimum Gasteiger partial charge on any atom is -0.346 e. The highest BCUT2D eigenvalue weighted by atomic mass is 16.2. The average Bonchev–Trinajstić information content (AvgIpc) is 2.37. The number of hydrogen-bond acceptors (Lipinski definition) is 2. The lowest BCUT2D eigenvalue weighted by atomic mass is 10.0. The Hall–Kier alpha value is -0.830. The molecule has 1 fully saturated rings. The van der Waals surface area contributed by atoms with Gasteiger partial charge in [0.1, 0.15) is 0 Å². The summed E-state index contributed by atoms with van der Waals surface area (Å²) in [5, 5.41) is 3.48. The van der Waals surface area contributed by atoms with Gasteiger partial charge < -0.3 is 10.2 Å². The first-order valence-corrected chi connectivity index (χ1v) is 6.82. The summed E-state index contributed by atoms with van der Waals surface area (Å²) in [5.74, 6) is 0.279. The van der Waals surface area contributed by atoms with E-state index in [1.54, 1.807) is 0 Å². The summed E-state index contributed by atoms with van der Waals surface area (Å²) in [4.78, 5) is 13.7. The van der Waals surface area contributed by atoms with Crippen molar-refractivity contribution in [3.8, 4) is 0 Å². The van der Waals surface area contributed by atoms with E-state index >= 15 is 0 Å². The number of unbranched alkanes of at least 4 members (excludes halogenated alkanes) is 1. The number of carbonyl (C=O) groups is 1. The van der Waals surface area contributed by atoms with Gasteiger partial charge in [-0.25, -0.2) is 0 Å². The molecular formula is C14H26N2O. The van der Waals surface area contributed by atoms with Crippen molar-refractivity contribution < 1.29 is 4.79 Å². The number of piperidine rings is 1. The maximum atomic E-state index is 11.9. The SMILES string of the molecule is C=CCCCN(C)C(=O)CCC1CCCCN1. The van der Waals surface area contributed by atoms with Crippen molar-refractivity contribution in [2.45, 2.75) is 51.0 Å². The summed E-state index contributed by atoms with van der Waals surface area (Å²) >= 11 is 0. The molecule has 0 aromatic carbocycles. The van der Waals surface area contributed by atoms with Gasteiger partial charge in [-0.05, 0) is 38.6 Å². The molecule has 0 saturated carbocycles. The first-order chi connectivity index (χ1) is 8.24. The largest absolute Gasteiger partial charge is 0.346 e. The van der Waals surface area contributed by atoms with Gasteiger partial charge in [0.25, 0.3) is 0 Å². The average molecular weight is 238 g/mol. The van der Waals surface area contributed by atoms with E-state index in [1.165, 1.54) is 19.3 Å². The Kier molecular flexibility index (Phi) is 6.94. The summed E-state index contributed by atoms with van der Waals surface area (Å²) in [6.07, 6.45) is 9.41. The number of nitrogens with zero attached hydrogens (tertiary/aromatic N) is 1. The number of carbonyl (C=O) groups excluding carboxylic acids is 1. The van der Waals surface area contributed by atoms with E-state index in [2.05, 4.69) is 11.9 Å². The van der Waals surface area contributed by atoms with Crippen LogP contribution in [-0.4, -0.2) is 37.0 Å². The summed E-state index contributed by atoms with van der Waals surface area (Å²) in [5.41, 5.74) is 0. The van der Waals surface area contributed by atoms with Gasteiger partial charge in [-0.15, -0.1) is 6.58 Å². The van der Waals surface area contributed by atoms with Crippen LogP contribution in [-0.2, 0) is 4.79 Å². The highest BCUT2D eigenvalue weighted by Crippen LogP contribution is 2.12. The summed E-state index contributed by atoms with van der Waals surface area (Å²) in [6.45, 7) is 5.66. The van der Waals surface area contributed by atoms with E-state index in [9.17, 15) is 4.79 Å². The van der Waals surface area contributed by atoms with Gasteiger partial charge >= 0.3 is 0 Å². The third-order valence-electron chi connectivity index (χ3n) is 3.45. The summed E-state index contributed by atoms with van der Waals surface area (Å²) < 4.78 is 0. The summed E-state index contributed by atoms with van der Waals surface area (Å²) in [6, 6.07) is 0.564. The smallest absolute Gasteiger partial charge is 0.222 e. The Morgan fingerprint density at radius 3 is 3.00 bits per heavy atom. The number of nitrogens with one attached hydrogen (secondary N) is 1. The quantitative estimate of drug-likeness (QED) is 0.545. The van der Waals surface area contributed by atoms with Crippen molar-refractivity contribution in [3.05, 3.63) is 12.7 Å². The standard InChI is InChI=1S/C14H26N2O/c1-3-4-7-12-16(2)14(17)10-9-13-8-5-6-11-15-13/h3,13,15H,1,4-12H2,2H3. The van der Waals surface area contributed by atoms with Gasteiger partial charge in [0.05, 0.1) is 0 Å². The van der Waals surface area contributed by atoms with Crippen LogP contribution in [0.5, 0.6) is 0 Å². The van der Waals surface area contributed by atoms with Gasteiger partial charge in [0, 0.05) is 26.1 Å². The molecule has 1 saturated heterocycles. The molecule has 0 spiro atoms. The van der Waals surface area contributed by atoms with E-state index < -0.39 is 0 Å². The number of rotatable bonds is 7. The molecule has 1 aliphatic rings. The molecule has 1 atom stereocenters. The van der Waals surface area contributed by atoms with Gasteiger partial charge in [0.15, 0.2) is 0 Å². The molecule has 0 aromatic heterocycles. The maximum Gasteiger partial charge on any atom is 0.222 e. The monoisotopic (exact) mass is 238 g/mol. The Morgan fingerprint density at radius 1 is 1.53 bits per heavy atom. The fourth-order valence-electron chi connectivity index (χ4n) is 2.26. The van der Waals surface area contributed by atoms with Crippen molar-refractivity contribution in [1.29, 1.82) is 0 Å². The first-order valence-electron chi connectivity index (χ1n) is 6.82. The van der Waals surface area contributed by atoms with Crippen LogP contribution >= 0.6 is 0 Å². The molecule has 0 aliphatic carbocycles. The second-order valence-electron chi connectivity index (χ2n) is 4.93. The zero-order valence-corrected chi connectivity index (χ0v) is 11.1. The molecule has 1 amide bonds. The molecule has 1 heterocycles. The van der Waals surface area contributed by atoms with E-state index in [0.717, 1.165) is 32.4 Å².